The van der Waals surface area contributed by atoms with Crippen molar-refractivity contribution in [1.82, 2.24) is 30.7 Å². The Balaban J connectivity index is 1.07. The third kappa shape index (κ3) is 11.3. The number of aryl methyl sites for hydroxylation is 1. The van der Waals surface area contributed by atoms with Crippen LogP contribution < -0.4 is 20.9 Å². The van der Waals surface area contributed by atoms with Crippen LogP contribution in [0.5, 0.6) is 0 Å². The second-order valence-electron chi connectivity index (χ2n) is 15.8. The summed E-state index contributed by atoms with van der Waals surface area (Å²) < 4.78 is 5.57. The van der Waals surface area contributed by atoms with Crippen LogP contribution in [-0.4, -0.2) is 119 Å². The maximum absolute atomic E-state index is 14.0. The lowest BCUT2D eigenvalue weighted by atomic mass is 9.85. The van der Waals surface area contributed by atoms with Crippen molar-refractivity contribution < 1.29 is 38.9 Å². The third-order valence-electron chi connectivity index (χ3n) is 10.5. The van der Waals surface area contributed by atoms with Crippen LogP contribution in [0.2, 0.25) is 0 Å². The number of benzene rings is 2. The van der Waals surface area contributed by atoms with E-state index in [1.807, 2.05) is 88.7 Å². The standard InChI is InChI=1S/C41H55N7O8S/c1-25(28-7-9-30(10-8-28)36-27(3)42-24-57-36)43-38(52)33-21-32(49)22-48(33)39(53)37(41(4,5)6)45-34(50)23-56-20-15-35(51)47-18-16-46(17-19-47)31-13-11-29(12-14-31)26(2)44-40(54)55/h7-14,24-26,32-33,37,44,49H,15-23H2,1-6H3,(H,43,52)(H,45,50)(H,54,55)/t25?,26?,32-,33+,37?/m1/s1. The van der Waals surface area contributed by atoms with Gasteiger partial charge in [0, 0.05) is 44.8 Å². The number of piperazine rings is 1. The fourth-order valence-corrected chi connectivity index (χ4v) is 7.97. The van der Waals surface area contributed by atoms with Crippen LogP contribution in [-0.2, 0) is 23.9 Å². The van der Waals surface area contributed by atoms with E-state index in [1.54, 1.807) is 23.2 Å². The SMILES string of the molecule is Cc1ncsc1-c1ccc(C(C)NC(=O)[C@@H]2C[C@@H](O)CN2C(=O)C(NC(=O)COCCC(=O)N2CCN(c3ccc(C(C)NC(=O)O)cc3)CC2)C(C)(C)C)cc1. The van der Waals surface area contributed by atoms with E-state index in [-0.39, 0.29) is 56.5 Å². The Kier molecular flexibility index (Phi) is 14.3. The molecule has 5 atom stereocenters. The van der Waals surface area contributed by atoms with Crippen LogP contribution in [0.15, 0.2) is 54.0 Å². The van der Waals surface area contributed by atoms with Crippen molar-refractivity contribution in [3.63, 3.8) is 0 Å². The van der Waals surface area contributed by atoms with Gasteiger partial charge in [-0.25, -0.2) is 9.78 Å². The molecule has 0 aliphatic carbocycles. The predicted molar refractivity (Wildman–Crippen MR) is 217 cm³/mol. The highest BCUT2D eigenvalue weighted by Crippen LogP contribution is 2.30. The lowest BCUT2D eigenvalue weighted by molar-refractivity contribution is -0.144. The summed E-state index contributed by atoms with van der Waals surface area (Å²) >= 11 is 1.57. The average Bonchev–Trinajstić information content (AvgIpc) is 3.79. The quantitative estimate of drug-likeness (QED) is 0.149. The van der Waals surface area contributed by atoms with Crippen molar-refractivity contribution in [2.24, 2.45) is 5.41 Å². The molecule has 15 nitrogen and oxygen atoms in total. The zero-order valence-corrected chi connectivity index (χ0v) is 34.3. The number of aliphatic hydroxyl groups is 1. The molecule has 3 heterocycles. The maximum Gasteiger partial charge on any atom is 0.405 e. The molecule has 0 bridgehead atoms. The van der Waals surface area contributed by atoms with Gasteiger partial charge >= 0.3 is 6.09 Å². The highest BCUT2D eigenvalue weighted by atomic mass is 32.1. The molecule has 57 heavy (non-hydrogen) atoms. The second-order valence-corrected chi connectivity index (χ2v) is 16.7. The van der Waals surface area contributed by atoms with Crippen LogP contribution in [0.4, 0.5) is 10.5 Å². The van der Waals surface area contributed by atoms with E-state index in [2.05, 4.69) is 25.8 Å². The minimum absolute atomic E-state index is 0.0248. The highest BCUT2D eigenvalue weighted by Gasteiger charge is 2.44. The van der Waals surface area contributed by atoms with Crippen molar-refractivity contribution in [3.8, 4) is 10.4 Å². The number of anilines is 1. The van der Waals surface area contributed by atoms with Gasteiger partial charge in [0.1, 0.15) is 18.7 Å². The Morgan fingerprint density at radius 1 is 0.912 bits per heavy atom. The number of aromatic nitrogens is 1. The number of β-amino-alcohol motifs (C(OH)–C–C–N with tert-alkyl or cyclic N) is 1. The smallest absolute Gasteiger partial charge is 0.405 e. The van der Waals surface area contributed by atoms with Crippen LogP contribution in [0.25, 0.3) is 10.4 Å². The van der Waals surface area contributed by atoms with E-state index in [4.69, 9.17) is 9.84 Å². The number of nitrogens with one attached hydrogen (secondary N) is 3. The summed E-state index contributed by atoms with van der Waals surface area (Å²) in [4.78, 5) is 75.2. The number of nitrogens with zero attached hydrogens (tertiary/aromatic N) is 4. The molecule has 308 valence electrons. The molecule has 0 saturated carbocycles. The van der Waals surface area contributed by atoms with Gasteiger partial charge in [0.25, 0.3) is 0 Å². The van der Waals surface area contributed by atoms with Gasteiger partial charge in [-0.15, -0.1) is 11.3 Å². The maximum atomic E-state index is 14.0. The van der Waals surface area contributed by atoms with E-state index in [9.17, 15) is 29.1 Å². The zero-order chi connectivity index (χ0) is 41.4. The molecule has 1 aromatic heterocycles. The number of carbonyl (C=O) groups excluding carboxylic acids is 4. The largest absolute Gasteiger partial charge is 0.465 e. The van der Waals surface area contributed by atoms with Gasteiger partial charge in [-0.3, -0.25) is 19.2 Å². The first-order valence-corrected chi connectivity index (χ1v) is 20.2. The number of rotatable bonds is 14. The Morgan fingerprint density at radius 2 is 1.53 bits per heavy atom. The summed E-state index contributed by atoms with van der Waals surface area (Å²) in [5.74, 6) is -1.48. The molecule has 16 heteroatoms. The Bertz CT molecular complexity index is 1870. The molecule has 0 radical (unpaired) electrons. The molecule has 2 saturated heterocycles. The molecule has 2 aliphatic heterocycles. The fraction of sp³-hybridized carbons (Fsp3) is 0.512. The van der Waals surface area contributed by atoms with Crippen molar-refractivity contribution >= 4 is 46.7 Å². The zero-order valence-electron chi connectivity index (χ0n) is 33.5. The number of hydrogen-bond acceptors (Lipinski definition) is 10. The number of aliphatic hydroxyl groups excluding tert-OH is 1. The van der Waals surface area contributed by atoms with Crippen molar-refractivity contribution in [1.29, 1.82) is 0 Å². The lowest BCUT2D eigenvalue weighted by Gasteiger charge is -2.36. The molecule has 0 spiro atoms. The summed E-state index contributed by atoms with van der Waals surface area (Å²) in [6.07, 6.45) is -1.81. The van der Waals surface area contributed by atoms with E-state index in [0.29, 0.717) is 26.2 Å². The van der Waals surface area contributed by atoms with Crippen LogP contribution in [0, 0.1) is 12.3 Å². The molecule has 3 aromatic rings. The Hall–Kier alpha value is -5.06. The topological polar surface area (TPSA) is 194 Å². The van der Waals surface area contributed by atoms with Gasteiger partial charge in [-0.1, -0.05) is 57.2 Å². The monoisotopic (exact) mass is 805 g/mol. The fourth-order valence-electron chi connectivity index (χ4n) is 7.16. The molecular formula is C41H55N7O8S. The van der Waals surface area contributed by atoms with E-state index >= 15 is 0 Å². The van der Waals surface area contributed by atoms with Gasteiger partial charge in [-0.05, 0) is 55.0 Å². The number of carboxylic acid groups (broad SMARTS) is 1. The lowest BCUT2D eigenvalue weighted by Crippen LogP contribution is -2.58. The predicted octanol–water partition coefficient (Wildman–Crippen LogP) is 3.87. The minimum Gasteiger partial charge on any atom is -0.465 e. The molecule has 5 N–H and O–H groups in total. The van der Waals surface area contributed by atoms with Gasteiger partial charge in [0.2, 0.25) is 23.6 Å². The summed E-state index contributed by atoms with van der Waals surface area (Å²) in [5, 5.41) is 27.8. The summed E-state index contributed by atoms with van der Waals surface area (Å²) in [7, 11) is 0. The number of likely N-dealkylation sites (tertiary alicyclic amines) is 1. The molecule has 2 aliphatic rings. The van der Waals surface area contributed by atoms with Gasteiger partial charge in [-0.2, -0.15) is 0 Å². The van der Waals surface area contributed by atoms with Crippen LogP contribution in [0.1, 0.15) is 76.4 Å². The first-order chi connectivity index (χ1) is 27.0. The average molecular weight is 806 g/mol. The second kappa shape index (κ2) is 18.9. The normalized spacial score (nSPS) is 18.8. The van der Waals surface area contributed by atoms with Crippen LogP contribution >= 0.6 is 11.3 Å². The molecule has 2 aromatic carbocycles. The third-order valence-corrected chi connectivity index (χ3v) is 11.5. The molecule has 3 unspecified atom stereocenters. The van der Waals surface area contributed by atoms with Crippen molar-refractivity contribution in [3.05, 3.63) is 70.9 Å². The number of amides is 5. The summed E-state index contributed by atoms with van der Waals surface area (Å²) in [6, 6.07) is 12.9. The molecular weight excluding hydrogens is 751 g/mol. The summed E-state index contributed by atoms with van der Waals surface area (Å²) in [5.41, 5.74) is 5.80. The number of hydrogen-bond donors (Lipinski definition) is 5. The highest BCUT2D eigenvalue weighted by molar-refractivity contribution is 7.13. The molecule has 2 fully saturated rings. The number of ether oxygens (including phenoxy) is 1. The van der Waals surface area contributed by atoms with E-state index < -0.39 is 41.5 Å². The first-order valence-electron chi connectivity index (χ1n) is 19.3. The summed E-state index contributed by atoms with van der Waals surface area (Å²) in [6.45, 7) is 13.0. The minimum atomic E-state index is -1.08. The molecule has 5 amide bonds. The first kappa shape index (κ1) is 43.1. The van der Waals surface area contributed by atoms with E-state index in [0.717, 1.165) is 32.9 Å². The Labute approximate surface area is 337 Å². The van der Waals surface area contributed by atoms with Crippen molar-refractivity contribution in [2.75, 3.05) is 50.8 Å². The number of thiazole rings is 1. The Morgan fingerprint density at radius 3 is 2.11 bits per heavy atom. The van der Waals surface area contributed by atoms with Gasteiger partial charge < -0.3 is 45.6 Å². The van der Waals surface area contributed by atoms with Gasteiger partial charge in [0.05, 0.1) is 47.3 Å². The van der Waals surface area contributed by atoms with Gasteiger partial charge in [0.15, 0.2) is 0 Å². The van der Waals surface area contributed by atoms with Crippen molar-refractivity contribution in [2.45, 2.75) is 84.7 Å². The molecule has 5 rings (SSSR count). The van der Waals surface area contributed by atoms with E-state index in [1.165, 1.54) is 4.90 Å². The van der Waals surface area contributed by atoms with Crippen LogP contribution in [0.3, 0.4) is 0 Å². The number of carbonyl (C=O) groups is 5.